The number of para-hydroxylation sites is 1. The second kappa shape index (κ2) is 10.7. The first-order valence-electron chi connectivity index (χ1n) is 10.6. The number of nitrogens with zero attached hydrogens (tertiary/aromatic N) is 1. The first kappa shape index (κ1) is 21.7. The molecule has 1 heterocycles. The largest absolute Gasteiger partial charge is 0.496 e. The van der Waals surface area contributed by atoms with Gasteiger partial charge in [0.15, 0.2) is 0 Å². The predicted octanol–water partition coefficient (Wildman–Crippen LogP) is 4.90. The summed E-state index contributed by atoms with van der Waals surface area (Å²) in [7, 11) is 1.68. The van der Waals surface area contributed by atoms with Gasteiger partial charge in [0.1, 0.15) is 5.75 Å². The van der Waals surface area contributed by atoms with Gasteiger partial charge in [-0.2, -0.15) is 0 Å². The van der Waals surface area contributed by atoms with Crippen LogP contribution in [0.5, 0.6) is 5.75 Å². The van der Waals surface area contributed by atoms with Crippen molar-refractivity contribution >= 4 is 17.7 Å². The highest BCUT2D eigenvalue weighted by Crippen LogP contribution is 2.29. The van der Waals surface area contributed by atoms with Gasteiger partial charge < -0.3 is 20.1 Å². The molecule has 160 valence electrons. The molecule has 0 unspecified atom stereocenters. The minimum atomic E-state index is -0.847. The summed E-state index contributed by atoms with van der Waals surface area (Å²) in [6.07, 6.45) is 3.89. The molecule has 1 aliphatic heterocycles. The minimum Gasteiger partial charge on any atom is -0.496 e. The van der Waals surface area contributed by atoms with E-state index in [9.17, 15) is 9.59 Å². The topological polar surface area (TPSA) is 78.9 Å². The molecule has 6 heteroatoms. The molecule has 1 aliphatic rings. The van der Waals surface area contributed by atoms with Crippen molar-refractivity contribution in [2.24, 2.45) is 0 Å². The zero-order valence-corrected chi connectivity index (χ0v) is 17.5. The third-order valence-electron chi connectivity index (χ3n) is 5.70. The number of methoxy groups -OCH3 is 1. The van der Waals surface area contributed by atoms with E-state index in [2.05, 4.69) is 17.4 Å². The van der Waals surface area contributed by atoms with E-state index >= 15 is 0 Å². The number of unbranched alkanes of at least 4 members (excludes halogenated alkanes) is 1. The molecule has 1 fully saturated rings. The van der Waals surface area contributed by atoms with Gasteiger partial charge >= 0.3 is 6.09 Å². The monoisotopic (exact) mass is 410 g/mol. The summed E-state index contributed by atoms with van der Waals surface area (Å²) in [5, 5.41) is 12.1. The van der Waals surface area contributed by atoms with Crippen LogP contribution in [0.1, 0.15) is 49.1 Å². The molecular weight excluding hydrogens is 380 g/mol. The summed E-state index contributed by atoms with van der Waals surface area (Å²) in [6, 6.07) is 15.9. The number of amides is 2. The number of carbonyl (C=O) groups excluding carboxylic acids is 1. The first-order chi connectivity index (χ1) is 14.6. The molecule has 0 atom stereocenters. The maximum atomic E-state index is 12.3. The fraction of sp³-hybridized carbons (Fsp3) is 0.417. The highest BCUT2D eigenvalue weighted by molar-refractivity contribution is 5.90. The van der Waals surface area contributed by atoms with Crippen molar-refractivity contribution in [3.05, 3.63) is 59.7 Å². The average molecular weight is 411 g/mol. The zero-order chi connectivity index (χ0) is 21.3. The van der Waals surface area contributed by atoms with E-state index in [4.69, 9.17) is 9.84 Å². The molecule has 2 amide bonds. The van der Waals surface area contributed by atoms with Gasteiger partial charge in [-0.05, 0) is 67.3 Å². The maximum Gasteiger partial charge on any atom is 0.407 e. The van der Waals surface area contributed by atoms with Gasteiger partial charge in [-0.1, -0.05) is 30.3 Å². The molecule has 2 aromatic carbocycles. The highest BCUT2D eigenvalue weighted by atomic mass is 16.5. The fourth-order valence-electron chi connectivity index (χ4n) is 4.01. The molecule has 0 radical (unpaired) electrons. The zero-order valence-electron chi connectivity index (χ0n) is 17.5. The van der Waals surface area contributed by atoms with Crippen LogP contribution in [-0.4, -0.2) is 42.2 Å². The van der Waals surface area contributed by atoms with Crippen molar-refractivity contribution in [1.29, 1.82) is 0 Å². The first-order valence-corrected chi connectivity index (χ1v) is 10.6. The standard InChI is InChI=1S/C24H30N2O4/c1-30-22-11-4-2-7-19(22)8-3-5-12-23(27)25-21-10-6-9-20(17-21)18-13-15-26(16-14-18)24(28)29/h2,4,6-7,9-11,17-18H,3,5,8,12-16H2,1H3,(H,25,27)(H,28,29). The number of aryl methyl sites for hydroxylation is 1. The molecule has 0 bridgehead atoms. The molecule has 3 rings (SSSR count). The normalized spacial score (nSPS) is 14.4. The molecule has 0 aliphatic carbocycles. The number of piperidine rings is 1. The smallest absolute Gasteiger partial charge is 0.407 e. The summed E-state index contributed by atoms with van der Waals surface area (Å²) in [4.78, 5) is 24.9. The van der Waals surface area contributed by atoms with Crippen molar-refractivity contribution in [2.45, 2.75) is 44.4 Å². The Kier molecular flexibility index (Phi) is 7.71. The Labute approximate surface area is 177 Å². The molecule has 30 heavy (non-hydrogen) atoms. The van der Waals surface area contributed by atoms with Crippen molar-refractivity contribution < 1.29 is 19.4 Å². The number of nitrogens with one attached hydrogen (secondary N) is 1. The third kappa shape index (κ3) is 5.99. The lowest BCUT2D eigenvalue weighted by atomic mass is 9.89. The number of hydrogen-bond donors (Lipinski definition) is 2. The van der Waals surface area contributed by atoms with Gasteiger partial charge in [-0.3, -0.25) is 4.79 Å². The van der Waals surface area contributed by atoms with Crippen LogP contribution in [0.2, 0.25) is 0 Å². The second-order valence-corrected chi connectivity index (χ2v) is 7.74. The van der Waals surface area contributed by atoms with E-state index in [1.807, 2.05) is 36.4 Å². The summed E-state index contributed by atoms with van der Waals surface area (Å²) in [5.74, 6) is 1.25. The summed E-state index contributed by atoms with van der Waals surface area (Å²) in [6.45, 7) is 1.12. The third-order valence-corrected chi connectivity index (χ3v) is 5.70. The van der Waals surface area contributed by atoms with Gasteiger partial charge in [0, 0.05) is 25.2 Å². The number of carboxylic acid groups (broad SMARTS) is 1. The minimum absolute atomic E-state index is 0.0212. The lowest BCUT2D eigenvalue weighted by Gasteiger charge is -2.30. The Morgan fingerprint density at radius 1 is 1.10 bits per heavy atom. The van der Waals surface area contributed by atoms with Crippen LogP contribution in [-0.2, 0) is 11.2 Å². The molecule has 0 aromatic heterocycles. The van der Waals surface area contributed by atoms with Gasteiger partial charge in [0.25, 0.3) is 0 Å². The Bertz CT molecular complexity index is 860. The molecule has 2 N–H and O–H groups in total. The van der Waals surface area contributed by atoms with E-state index < -0.39 is 6.09 Å². The van der Waals surface area contributed by atoms with Crippen LogP contribution >= 0.6 is 0 Å². The quantitative estimate of drug-likeness (QED) is 0.607. The van der Waals surface area contributed by atoms with Gasteiger partial charge in [0.05, 0.1) is 7.11 Å². The average Bonchev–Trinajstić information content (AvgIpc) is 2.77. The van der Waals surface area contributed by atoms with Crippen LogP contribution < -0.4 is 10.1 Å². The Morgan fingerprint density at radius 3 is 2.60 bits per heavy atom. The fourth-order valence-corrected chi connectivity index (χ4v) is 4.01. The van der Waals surface area contributed by atoms with E-state index in [0.29, 0.717) is 25.4 Å². The van der Waals surface area contributed by atoms with Gasteiger partial charge in [-0.25, -0.2) is 4.79 Å². The number of anilines is 1. The Morgan fingerprint density at radius 2 is 1.87 bits per heavy atom. The van der Waals surface area contributed by atoms with Crippen LogP contribution in [0.3, 0.4) is 0 Å². The number of carbonyl (C=O) groups is 2. The van der Waals surface area contributed by atoms with E-state index in [0.717, 1.165) is 49.1 Å². The molecular formula is C24H30N2O4. The second-order valence-electron chi connectivity index (χ2n) is 7.74. The molecule has 0 saturated carbocycles. The van der Waals surface area contributed by atoms with E-state index in [1.165, 1.54) is 10.5 Å². The number of ether oxygens (including phenoxy) is 1. The van der Waals surface area contributed by atoms with Crippen LogP contribution in [0.15, 0.2) is 48.5 Å². The van der Waals surface area contributed by atoms with E-state index in [-0.39, 0.29) is 5.91 Å². The Hall–Kier alpha value is -3.02. The number of benzene rings is 2. The number of likely N-dealkylation sites (tertiary alicyclic amines) is 1. The van der Waals surface area contributed by atoms with Crippen molar-refractivity contribution in [2.75, 3.05) is 25.5 Å². The molecule has 2 aromatic rings. The number of hydrogen-bond acceptors (Lipinski definition) is 3. The molecule has 0 spiro atoms. The summed E-state index contributed by atoms with van der Waals surface area (Å²) in [5.41, 5.74) is 3.14. The summed E-state index contributed by atoms with van der Waals surface area (Å²) < 4.78 is 5.37. The number of rotatable bonds is 8. The molecule has 1 saturated heterocycles. The van der Waals surface area contributed by atoms with Crippen LogP contribution in [0.4, 0.5) is 10.5 Å². The SMILES string of the molecule is COc1ccccc1CCCCC(=O)Nc1cccc(C2CCN(C(=O)O)CC2)c1. The van der Waals surface area contributed by atoms with E-state index in [1.54, 1.807) is 7.11 Å². The van der Waals surface area contributed by atoms with Crippen LogP contribution in [0.25, 0.3) is 0 Å². The lowest BCUT2D eigenvalue weighted by molar-refractivity contribution is -0.116. The highest BCUT2D eigenvalue weighted by Gasteiger charge is 2.23. The van der Waals surface area contributed by atoms with Crippen molar-refractivity contribution in [1.82, 2.24) is 4.90 Å². The summed E-state index contributed by atoms with van der Waals surface area (Å²) >= 11 is 0. The van der Waals surface area contributed by atoms with Crippen molar-refractivity contribution in [3.8, 4) is 5.75 Å². The van der Waals surface area contributed by atoms with Gasteiger partial charge in [-0.15, -0.1) is 0 Å². The maximum absolute atomic E-state index is 12.3. The lowest BCUT2D eigenvalue weighted by Crippen LogP contribution is -2.36. The van der Waals surface area contributed by atoms with Gasteiger partial charge in [0.2, 0.25) is 5.91 Å². The van der Waals surface area contributed by atoms with Crippen molar-refractivity contribution in [3.63, 3.8) is 0 Å². The Balaban J connectivity index is 1.44. The molecule has 6 nitrogen and oxygen atoms in total. The predicted molar refractivity (Wildman–Crippen MR) is 117 cm³/mol. The van der Waals surface area contributed by atoms with Crippen LogP contribution in [0, 0.1) is 0 Å².